The third-order valence-electron chi connectivity index (χ3n) is 3.07. The van der Waals surface area contributed by atoms with Crippen molar-refractivity contribution >= 4 is 5.78 Å². The predicted molar refractivity (Wildman–Crippen MR) is 72.4 cm³/mol. The molecule has 0 amide bonds. The number of para-hydroxylation sites is 1. The quantitative estimate of drug-likeness (QED) is 0.787. The molecule has 0 aromatic heterocycles. The van der Waals surface area contributed by atoms with Crippen LogP contribution >= 0.6 is 0 Å². The zero-order valence-electron chi connectivity index (χ0n) is 11.5. The van der Waals surface area contributed by atoms with E-state index < -0.39 is 18.2 Å². The molecule has 2 rings (SSSR count). The summed E-state index contributed by atoms with van der Waals surface area (Å²) >= 11 is 0. The van der Waals surface area contributed by atoms with E-state index in [0.717, 1.165) is 0 Å². The third kappa shape index (κ3) is 3.24. The predicted octanol–water partition coefficient (Wildman–Crippen LogP) is 4.27. The Kier molecular flexibility index (Phi) is 4.31. The average Bonchev–Trinajstić information content (AvgIpc) is 2.37. The first kappa shape index (κ1) is 15.1. The van der Waals surface area contributed by atoms with Gasteiger partial charge in [0.2, 0.25) is 0 Å². The van der Waals surface area contributed by atoms with Gasteiger partial charge >= 0.3 is 6.61 Å². The lowest BCUT2D eigenvalue weighted by Crippen LogP contribution is -2.11. The number of aryl methyl sites for hydroxylation is 2. The summed E-state index contributed by atoms with van der Waals surface area (Å²) in [5.41, 5.74) is 1.21. The number of ether oxygens (including phenoxy) is 1. The molecule has 0 unspecified atom stereocenters. The minimum Gasteiger partial charge on any atom is -0.434 e. The Hall–Kier alpha value is -2.30. The molecule has 0 aliphatic heterocycles. The van der Waals surface area contributed by atoms with Crippen LogP contribution in [0.3, 0.4) is 0 Å². The first-order valence-electron chi connectivity index (χ1n) is 6.25. The van der Waals surface area contributed by atoms with Gasteiger partial charge in [-0.25, -0.2) is 4.39 Å². The van der Waals surface area contributed by atoms with E-state index in [0.29, 0.717) is 16.7 Å². The number of rotatable bonds is 4. The standard InChI is InChI=1S/C16H13F3O2/c1-9-7-11(17)8-10(2)14(9)15(20)12-5-3-4-6-13(12)21-16(18)19/h3-8,16H,1-2H3. The maximum Gasteiger partial charge on any atom is 0.387 e. The number of benzene rings is 2. The van der Waals surface area contributed by atoms with E-state index in [-0.39, 0.29) is 11.3 Å². The van der Waals surface area contributed by atoms with Crippen molar-refractivity contribution in [2.45, 2.75) is 20.5 Å². The van der Waals surface area contributed by atoms with Gasteiger partial charge in [0.15, 0.2) is 5.78 Å². The fourth-order valence-electron chi connectivity index (χ4n) is 2.26. The van der Waals surface area contributed by atoms with Gasteiger partial charge in [-0.15, -0.1) is 0 Å². The molecule has 0 aliphatic carbocycles. The van der Waals surface area contributed by atoms with Gasteiger partial charge in [0.05, 0.1) is 5.56 Å². The fraction of sp³-hybridized carbons (Fsp3) is 0.188. The molecule has 0 atom stereocenters. The van der Waals surface area contributed by atoms with Crippen molar-refractivity contribution in [1.82, 2.24) is 0 Å². The van der Waals surface area contributed by atoms with Crippen molar-refractivity contribution < 1.29 is 22.7 Å². The average molecular weight is 294 g/mol. The second kappa shape index (κ2) is 5.99. The molecular formula is C16H13F3O2. The molecule has 0 aliphatic rings. The zero-order chi connectivity index (χ0) is 15.6. The minimum absolute atomic E-state index is 0.0237. The molecule has 5 heteroatoms. The first-order chi connectivity index (χ1) is 9.90. The van der Waals surface area contributed by atoms with E-state index in [1.807, 2.05) is 0 Å². The summed E-state index contributed by atoms with van der Waals surface area (Å²) in [6.45, 7) is 0.175. The number of hydrogen-bond acceptors (Lipinski definition) is 2. The largest absolute Gasteiger partial charge is 0.434 e. The molecular weight excluding hydrogens is 281 g/mol. The Morgan fingerprint density at radius 2 is 1.67 bits per heavy atom. The Morgan fingerprint density at radius 3 is 2.24 bits per heavy atom. The summed E-state index contributed by atoms with van der Waals surface area (Å²) in [6, 6.07) is 8.22. The Morgan fingerprint density at radius 1 is 1.10 bits per heavy atom. The second-order valence-corrected chi connectivity index (χ2v) is 4.62. The Labute approximate surface area is 120 Å². The molecule has 0 heterocycles. The zero-order valence-corrected chi connectivity index (χ0v) is 11.5. The molecule has 0 N–H and O–H groups in total. The summed E-state index contributed by atoms with van der Waals surface area (Å²) in [4.78, 5) is 12.6. The molecule has 0 bridgehead atoms. The minimum atomic E-state index is -3.02. The van der Waals surface area contributed by atoms with Gasteiger partial charge in [0.1, 0.15) is 11.6 Å². The maximum absolute atomic E-state index is 13.3. The van der Waals surface area contributed by atoms with Crippen LogP contribution in [0.5, 0.6) is 5.75 Å². The number of carbonyl (C=O) groups is 1. The molecule has 2 nitrogen and oxygen atoms in total. The van der Waals surface area contributed by atoms with Gasteiger partial charge in [-0.2, -0.15) is 8.78 Å². The summed E-state index contributed by atoms with van der Waals surface area (Å²) < 4.78 is 42.4. The highest BCUT2D eigenvalue weighted by Crippen LogP contribution is 2.26. The van der Waals surface area contributed by atoms with Crippen molar-refractivity contribution in [2.24, 2.45) is 0 Å². The lowest BCUT2D eigenvalue weighted by Gasteiger charge is -2.13. The van der Waals surface area contributed by atoms with Crippen LogP contribution in [0.25, 0.3) is 0 Å². The van der Waals surface area contributed by atoms with Crippen molar-refractivity contribution in [3.05, 3.63) is 64.5 Å². The Balaban J connectivity index is 2.51. The van der Waals surface area contributed by atoms with Gasteiger partial charge in [-0.05, 0) is 49.2 Å². The third-order valence-corrected chi connectivity index (χ3v) is 3.07. The number of ketones is 1. The highest BCUT2D eigenvalue weighted by Gasteiger charge is 2.20. The van der Waals surface area contributed by atoms with Gasteiger partial charge in [-0.1, -0.05) is 12.1 Å². The molecule has 0 fully saturated rings. The number of carbonyl (C=O) groups excluding carboxylic acids is 1. The van der Waals surface area contributed by atoms with Crippen molar-refractivity contribution in [3.8, 4) is 5.75 Å². The van der Waals surface area contributed by atoms with E-state index in [4.69, 9.17) is 0 Å². The first-order valence-corrected chi connectivity index (χ1v) is 6.25. The van der Waals surface area contributed by atoms with Crippen LogP contribution in [0, 0.1) is 19.7 Å². The molecule has 110 valence electrons. The SMILES string of the molecule is Cc1cc(F)cc(C)c1C(=O)c1ccccc1OC(F)F. The van der Waals surface area contributed by atoms with Crippen LogP contribution in [-0.2, 0) is 0 Å². The molecule has 0 spiro atoms. The van der Waals surface area contributed by atoms with E-state index in [2.05, 4.69) is 4.74 Å². The van der Waals surface area contributed by atoms with Crippen molar-refractivity contribution in [3.63, 3.8) is 0 Å². The molecule has 2 aromatic rings. The molecule has 0 saturated carbocycles. The topological polar surface area (TPSA) is 26.3 Å². The summed E-state index contributed by atoms with van der Waals surface area (Å²) in [5.74, 6) is -1.11. The van der Waals surface area contributed by atoms with E-state index >= 15 is 0 Å². The van der Waals surface area contributed by atoms with Gasteiger partial charge in [-0.3, -0.25) is 4.79 Å². The number of halogens is 3. The highest BCUT2D eigenvalue weighted by molar-refractivity contribution is 6.12. The van der Waals surface area contributed by atoms with E-state index in [1.54, 1.807) is 19.9 Å². The highest BCUT2D eigenvalue weighted by atomic mass is 19.3. The van der Waals surface area contributed by atoms with Crippen LogP contribution in [0.15, 0.2) is 36.4 Å². The molecule has 2 aromatic carbocycles. The van der Waals surface area contributed by atoms with Gasteiger partial charge in [0, 0.05) is 5.56 Å². The van der Waals surface area contributed by atoms with Gasteiger partial charge < -0.3 is 4.74 Å². The number of alkyl halides is 2. The van der Waals surface area contributed by atoms with Crippen LogP contribution in [-0.4, -0.2) is 12.4 Å². The van der Waals surface area contributed by atoms with Crippen molar-refractivity contribution in [1.29, 1.82) is 0 Å². The Bertz CT molecular complexity index is 658. The lowest BCUT2D eigenvalue weighted by molar-refractivity contribution is -0.0501. The monoisotopic (exact) mass is 294 g/mol. The van der Waals surface area contributed by atoms with Gasteiger partial charge in [0.25, 0.3) is 0 Å². The lowest BCUT2D eigenvalue weighted by atomic mass is 9.94. The van der Waals surface area contributed by atoms with E-state index in [1.165, 1.54) is 30.3 Å². The van der Waals surface area contributed by atoms with Crippen molar-refractivity contribution in [2.75, 3.05) is 0 Å². The van der Waals surface area contributed by atoms with Crippen LogP contribution in [0.1, 0.15) is 27.0 Å². The summed E-state index contributed by atoms with van der Waals surface area (Å²) in [6.07, 6.45) is 0. The molecule has 0 radical (unpaired) electrons. The van der Waals surface area contributed by atoms with Crippen LogP contribution < -0.4 is 4.74 Å². The number of hydrogen-bond donors (Lipinski definition) is 0. The normalized spacial score (nSPS) is 10.8. The fourth-order valence-corrected chi connectivity index (χ4v) is 2.26. The summed E-state index contributed by atoms with van der Waals surface area (Å²) in [7, 11) is 0. The van der Waals surface area contributed by atoms with E-state index in [9.17, 15) is 18.0 Å². The molecule has 0 saturated heterocycles. The summed E-state index contributed by atoms with van der Waals surface area (Å²) in [5, 5.41) is 0. The molecule has 21 heavy (non-hydrogen) atoms. The maximum atomic E-state index is 13.3. The van der Waals surface area contributed by atoms with Crippen LogP contribution in [0.4, 0.5) is 13.2 Å². The second-order valence-electron chi connectivity index (χ2n) is 4.62. The van der Waals surface area contributed by atoms with Crippen LogP contribution in [0.2, 0.25) is 0 Å². The smallest absolute Gasteiger partial charge is 0.387 e.